The van der Waals surface area contributed by atoms with E-state index in [9.17, 15) is 18.0 Å². The molecule has 11 heteroatoms. The Morgan fingerprint density at radius 3 is 2.61 bits per heavy atom. The first-order valence-electron chi connectivity index (χ1n) is 7.60. The van der Waals surface area contributed by atoms with Gasteiger partial charge in [0.2, 0.25) is 0 Å². The fourth-order valence-corrected chi connectivity index (χ4v) is 3.23. The maximum atomic E-state index is 13.1. The highest BCUT2D eigenvalue weighted by Gasteiger charge is 2.34. The van der Waals surface area contributed by atoms with E-state index < -0.39 is 30.4 Å². The average molecular weight is 448 g/mol. The number of aromatic nitrogens is 2. The number of thiophene rings is 1. The van der Waals surface area contributed by atoms with Crippen molar-refractivity contribution >= 4 is 46.1 Å². The summed E-state index contributed by atoms with van der Waals surface area (Å²) >= 11 is 12.9. The van der Waals surface area contributed by atoms with Crippen molar-refractivity contribution in [1.29, 1.82) is 0 Å². The van der Waals surface area contributed by atoms with Crippen LogP contribution in [0.3, 0.4) is 0 Å². The van der Waals surface area contributed by atoms with Gasteiger partial charge in [-0.2, -0.15) is 23.1 Å². The zero-order valence-corrected chi connectivity index (χ0v) is 16.1. The van der Waals surface area contributed by atoms with Crippen LogP contribution >= 0.6 is 34.5 Å². The monoisotopic (exact) mass is 447 g/mol. The van der Waals surface area contributed by atoms with E-state index in [1.807, 2.05) is 0 Å². The number of anilines is 1. The second kappa shape index (κ2) is 8.34. The van der Waals surface area contributed by atoms with Crippen LogP contribution in [0.5, 0.6) is 6.01 Å². The number of hydrogen-bond acceptors (Lipinski definition) is 5. The van der Waals surface area contributed by atoms with E-state index >= 15 is 0 Å². The van der Waals surface area contributed by atoms with Gasteiger partial charge in [0, 0.05) is 5.02 Å². The normalized spacial score (nSPS) is 11.3. The average Bonchev–Trinajstić information content (AvgIpc) is 3.16. The molecule has 0 radical (unpaired) electrons. The summed E-state index contributed by atoms with van der Waals surface area (Å²) < 4.78 is 44.4. The number of nitrogens with one attached hydrogen (secondary N) is 1. The molecule has 2 aromatic heterocycles. The van der Waals surface area contributed by atoms with Gasteiger partial charge in [0.25, 0.3) is 5.91 Å². The van der Waals surface area contributed by atoms with Crippen LogP contribution in [0.1, 0.15) is 5.69 Å². The second-order valence-electron chi connectivity index (χ2n) is 5.36. The van der Waals surface area contributed by atoms with Crippen molar-refractivity contribution in [3.05, 3.63) is 57.5 Å². The smallest absolute Gasteiger partial charge is 0.433 e. The molecule has 0 aliphatic heterocycles. The Hall–Kier alpha value is -2.36. The van der Waals surface area contributed by atoms with Crippen LogP contribution in [0, 0.1) is 0 Å². The van der Waals surface area contributed by atoms with Gasteiger partial charge in [-0.05, 0) is 35.7 Å². The molecule has 0 saturated carbocycles. The predicted octanol–water partition coefficient (Wildman–Crippen LogP) is 5.55. The first-order chi connectivity index (χ1) is 13.2. The molecule has 0 aliphatic carbocycles. The topological polar surface area (TPSA) is 64.1 Å². The molecule has 0 saturated heterocycles. The summed E-state index contributed by atoms with van der Waals surface area (Å²) in [6.45, 7) is -0.607. The molecule has 5 nitrogen and oxygen atoms in total. The third-order valence-electron chi connectivity index (χ3n) is 3.31. The Labute approximate surface area is 171 Å². The quantitative estimate of drug-likeness (QED) is 0.556. The van der Waals surface area contributed by atoms with Crippen molar-refractivity contribution in [2.75, 3.05) is 11.9 Å². The molecule has 0 spiro atoms. The highest BCUT2D eigenvalue weighted by atomic mass is 35.5. The zero-order valence-electron chi connectivity index (χ0n) is 13.8. The third kappa shape index (κ3) is 5.12. The number of nitrogens with zero attached hydrogens (tertiary/aromatic N) is 2. The third-order valence-corrected chi connectivity index (χ3v) is 4.75. The summed E-state index contributed by atoms with van der Waals surface area (Å²) in [5.74, 6) is -0.650. The zero-order chi connectivity index (χ0) is 20.3. The minimum Gasteiger partial charge on any atom is -0.453 e. The van der Waals surface area contributed by atoms with Gasteiger partial charge < -0.3 is 10.1 Å². The maximum absolute atomic E-state index is 13.1. The lowest BCUT2D eigenvalue weighted by Crippen LogP contribution is -2.21. The molecule has 2 heterocycles. The first-order valence-corrected chi connectivity index (χ1v) is 9.24. The second-order valence-corrected chi connectivity index (χ2v) is 7.15. The number of carbonyl (C=O) groups excluding carboxylic acids is 1. The number of amides is 1. The Morgan fingerprint density at radius 1 is 1.18 bits per heavy atom. The van der Waals surface area contributed by atoms with Crippen LogP contribution in [0.2, 0.25) is 10.0 Å². The van der Waals surface area contributed by atoms with Gasteiger partial charge in [-0.3, -0.25) is 4.79 Å². The van der Waals surface area contributed by atoms with E-state index in [2.05, 4.69) is 15.3 Å². The van der Waals surface area contributed by atoms with Gasteiger partial charge in [0.05, 0.1) is 21.3 Å². The van der Waals surface area contributed by atoms with Crippen molar-refractivity contribution in [1.82, 2.24) is 9.97 Å². The molecule has 0 atom stereocenters. The van der Waals surface area contributed by atoms with E-state index in [1.54, 1.807) is 17.5 Å². The fourth-order valence-electron chi connectivity index (χ4n) is 2.09. The molecule has 1 N–H and O–H groups in total. The first kappa shape index (κ1) is 20.4. The Balaban J connectivity index is 1.76. The molecule has 3 rings (SSSR count). The van der Waals surface area contributed by atoms with Crippen molar-refractivity contribution in [2.24, 2.45) is 0 Å². The molecule has 146 valence electrons. The summed E-state index contributed by atoms with van der Waals surface area (Å²) in [7, 11) is 0. The number of alkyl halides is 3. The lowest BCUT2D eigenvalue weighted by molar-refractivity contribution is -0.141. The minimum atomic E-state index is -4.69. The molecule has 0 unspecified atom stereocenters. The highest BCUT2D eigenvalue weighted by Crippen LogP contribution is 2.33. The van der Waals surface area contributed by atoms with Crippen molar-refractivity contribution in [2.45, 2.75) is 6.18 Å². The van der Waals surface area contributed by atoms with Gasteiger partial charge in [0.15, 0.2) is 12.3 Å². The molecule has 0 fully saturated rings. The number of rotatable bonds is 5. The van der Waals surface area contributed by atoms with Gasteiger partial charge >= 0.3 is 12.2 Å². The highest BCUT2D eigenvalue weighted by molar-refractivity contribution is 7.13. The SMILES string of the molecule is O=C(COc1nc(-c2cccs2)cc(C(F)(F)F)n1)Nc1ccc(Cl)cc1Cl. The van der Waals surface area contributed by atoms with Crippen LogP contribution in [0.4, 0.5) is 18.9 Å². The van der Waals surface area contributed by atoms with Gasteiger partial charge in [-0.1, -0.05) is 29.3 Å². The van der Waals surface area contributed by atoms with E-state index in [0.29, 0.717) is 9.90 Å². The maximum Gasteiger partial charge on any atom is 0.433 e. The predicted molar refractivity (Wildman–Crippen MR) is 101 cm³/mol. The van der Waals surface area contributed by atoms with E-state index in [4.69, 9.17) is 27.9 Å². The standard InChI is InChI=1S/C17H10Cl2F3N3O2S/c18-9-3-4-11(10(19)6-9)23-15(26)8-27-16-24-12(13-2-1-5-28-13)7-14(25-16)17(20,21)22/h1-7H,8H2,(H,23,26). The summed E-state index contributed by atoms with van der Waals surface area (Å²) in [6.07, 6.45) is -4.69. The van der Waals surface area contributed by atoms with Gasteiger partial charge in [-0.25, -0.2) is 0 Å². The van der Waals surface area contributed by atoms with Crippen LogP contribution in [-0.2, 0) is 11.0 Å². The molecule has 1 amide bonds. The molecule has 28 heavy (non-hydrogen) atoms. The minimum absolute atomic E-state index is 0.0495. The molecule has 1 aromatic carbocycles. The summed E-state index contributed by atoms with van der Waals surface area (Å²) in [5, 5.41) is 4.76. The number of carbonyl (C=O) groups is 1. The van der Waals surface area contributed by atoms with Crippen molar-refractivity contribution in [3.63, 3.8) is 0 Å². The molecule has 0 aliphatic rings. The lowest BCUT2D eigenvalue weighted by Gasteiger charge is -2.11. The summed E-state index contributed by atoms with van der Waals surface area (Å²) in [5.41, 5.74) is -0.834. The van der Waals surface area contributed by atoms with E-state index in [0.717, 1.165) is 6.07 Å². The number of halogens is 5. The summed E-state index contributed by atoms with van der Waals surface area (Å²) in [6, 6.07) is 8.00. The lowest BCUT2D eigenvalue weighted by atomic mass is 10.3. The number of ether oxygens (including phenoxy) is 1. The van der Waals surface area contributed by atoms with Crippen LogP contribution < -0.4 is 10.1 Å². The van der Waals surface area contributed by atoms with E-state index in [-0.39, 0.29) is 16.4 Å². The Morgan fingerprint density at radius 2 is 1.96 bits per heavy atom. The Kier molecular flexibility index (Phi) is 6.07. The fraction of sp³-hybridized carbons (Fsp3) is 0.118. The molecule has 0 bridgehead atoms. The summed E-state index contributed by atoms with van der Waals surface area (Å²) in [4.78, 5) is 19.8. The van der Waals surface area contributed by atoms with Crippen LogP contribution in [0.15, 0.2) is 41.8 Å². The van der Waals surface area contributed by atoms with Gasteiger partial charge in [0.1, 0.15) is 0 Å². The van der Waals surface area contributed by atoms with E-state index in [1.165, 1.54) is 29.5 Å². The number of benzene rings is 1. The Bertz CT molecular complexity index is 998. The molecule has 3 aromatic rings. The molecular weight excluding hydrogens is 438 g/mol. The van der Waals surface area contributed by atoms with Crippen molar-refractivity contribution in [3.8, 4) is 16.6 Å². The number of hydrogen-bond donors (Lipinski definition) is 1. The van der Waals surface area contributed by atoms with Crippen LogP contribution in [-0.4, -0.2) is 22.5 Å². The van der Waals surface area contributed by atoms with Crippen LogP contribution in [0.25, 0.3) is 10.6 Å². The largest absolute Gasteiger partial charge is 0.453 e. The van der Waals surface area contributed by atoms with Gasteiger partial charge in [-0.15, -0.1) is 11.3 Å². The molecular formula is C17H10Cl2F3N3O2S. The van der Waals surface area contributed by atoms with Crippen molar-refractivity contribution < 1.29 is 22.7 Å².